The number of fused-ring (bicyclic) bond motifs is 1. The molecule has 0 atom stereocenters. The molecule has 1 amide bonds. The maximum atomic E-state index is 11.8. The highest BCUT2D eigenvalue weighted by Crippen LogP contribution is 2.34. The first-order valence-electron chi connectivity index (χ1n) is 6.35. The zero-order valence-electron chi connectivity index (χ0n) is 12.1. The Bertz CT molecular complexity index is 700. The average molecular weight is 288 g/mol. The Morgan fingerprint density at radius 2 is 2.00 bits per heavy atom. The molecular weight excluding hydrogens is 272 g/mol. The van der Waals surface area contributed by atoms with Crippen molar-refractivity contribution in [1.82, 2.24) is 9.88 Å². The summed E-state index contributed by atoms with van der Waals surface area (Å²) in [5.41, 5.74) is 0.922. The second kappa shape index (κ2) is 5.74. The fraction of sp³-hybridized carbons (Fsp3) is 0.286. The van der Waals surface area contributed by atoms with E-state index < -0.39 is 4.92 Å². The summed E-state index contributed by atoms with van der Waals surface area (Å²) in [6, 6.07) is 6.65. The maximum Gasteiger partial charge on any atom is 0.301 e. The second-order valence-electron chi connectivity index (χ2n) is 4.90. The van der Waals surface area contributed by atoms with Gasteiger partial charge in [0.2, 0.25) is 5.91 Å². The second-order valence-corrected chi connectivity index (χ2v) is 4.90. The van der Waals surface area contributed by atoms with E-state index in [1.165, 1.54) is 4.90 Å². The summed E-state index contributed by atoms with van der Waals surface area (Å²) in [6.45, 7) is 0.0691. The number of aromatic nitrogens is 1. The van der Waals surface area contributed by atoms with E-state index in [2.05, 4.69) is 4.98 Å². The summed E-state index contributed by atoms with van der Waals surface area (Å²) in [4.78, 5) is 29.9. The van der Waals surface area contributed by atoms with E-state index in [1.807, 2.05) is 0 Å². The molecule has 0 saturated heterocycles. The normalized spacial score (nSPS) is 10.4. The first kappa shape index (κ1) is 14.7. The highest BCUT2D eigenvalue weighted by molar-refractivity contribution is 5.95. The summed E-state index contributed by atoms with van der Waals surface area (Å²) >= 11 is 0. The van der Waals surface area contributed by atoms with E-state index in [1.54, 1.807) is 56.5 Å². The molecule has 0 aliphatic carbocycles. The van der Waals surface area contributed by atoms with Crippen molar-refractivity contribution in [2.24, 2.45) is 0 Å². The number of carbonyl (C=O) groups excluding carboxylic acids is 1. The zero-order valence-corrected chi connectivity index (χ0v) is 12.1. The Labute approximate surface area is 121 Å². The van der Waals surface area contributed by atoms with Crippen LogP contribution in [0.2, 0.25) is 0 Å². The summed E-state index contributed by atoms with van der Waals surface area (Å²) in [7, 11) is 4.95. The van der Waals surface area contributed by atoms with Gasteiger partial charge < -0.3 is 9.80 Å². The molecule has 1 aromatic carbocycles. The zero-order chi connectivity index (χ0) is 15.6. The molecule has 110 valence electrons. The maximum absolute atomic E-state index is 11.8. The van der Waals surface area contributed by atoms with Crippen molar-refractivity contribution in [3.8, 4) is 0 Å². The topological polar surface area (TPSA) is 79.6 Å². The van der Waals surface area contributed by atoms with Crippen molar-refractivity contribution in [1.29, 1.82) is 0 Å². The molecule has 0 aliphatic rings. The van der Waals surface area contributed by atoms with Crippen LogP contribution in [0.4, 0.5) is 11.4 Å². The molecule has 7 heteroatoms. The van der Waals surface area contributed by atoms with Gasteiger partial charge in [0.15, 0.2) is 0 Å². The van der Waals surface area contributed by atoms with Crippen molar-refractivity contribution in [2.45, 2.75) is 0 Å². The van der Waals surface area contributed by atoms with Crippen LogP contribution < -0.4 is 4.90 Å². The Morgan fingerprint density at radius 1 is 1.29 bits per heavy atom. The van der Waals surface area contributed by atoms with Gasteiger partial charge in [-0.05, 0) is 24.3 Å². The number of carbonyl (C=O) groups is 1. The van der Waals surface area contributed by atoms with Crippen LogP contribution in [-0.2, 0) is 4.79 Å². The number of nitro groups is 1. The molecule has 0 bridgehead atoms. The first-order valence-corrected chi connectivity index (χ1v) is 6.35. The lowest BCUT2D eigenvalue weighted by molar-refractivity contribution is -0.382. The summed E-state index contributed by atoms with van der Waals surface area (Å²) < 4.78 is 0. The van der Waals surface area contributed by atoms with E-state index in [0.29, 0.717) is 16.6 Å². The van der Waals surface area contributed by atoms with E-state index in [-0.39, 0.29) is 18.1 Å². The van der Waals surface area contributed by atoms with E-state index in [9.17, 15) is 14.9 Å². The van der Waals surface area contributed by atoms with Crippen LogP contribution in [0.15, 0.2) is 30.5 Å². The molecule has 1 heterocycles. The molecule has 0 spiro atoms. The molecule has 0 saturated carbocycles. The Balaban J connectivity index is 2.51. The minimum atomic E-state index is -0.435. The van der Waals surface area contributed by atoms with Crippen LogP contribution in [0.3, 0.4) is 0 Å². The SMILES string of the molecule is CN(C)C(=O)CN(C)c1ccc2ncccc2c1[N+](=O)[O-]. The van der Waals surface area contributed by atoms with Gasteiger partial charge in [0, 0.05) is 27.3 Å². The largest absolute Gasteiger partial charge is 0.360 e. The van der Waals surface area contributed by atoms with Crippen molar-refractivity contribution in [3.63, 3.8) is 0 Å². The number of nitrogens with zero attached hydrogens (tertiary/aromatic N) is 4. The third-order valence-corrected chi connectivity index (χ3v) is 3.20. The molecule has 2 aromatic rings. The van der Waals surface area contributed by atoms with Gasteiger partial charge in [0.1, 0.15) is 5.69 Å². The van der Waals surface area contributed by atoms with Crippen molar-refractivity contribution in [2.75, 3.05) is 32.6 Å². The molecule has 0 radical (unpaired) electrons. The minimum absolute atomic E-state index is 0.0327. The van der Waals surface area contributed by atoms with Gasteiger partial charge in [-0.2, -0.15) is 0 Å². The van der Waals surface area contributed by atoms with E-state index in [0.717, 1.165) is 0 Å². The van der Waals surface area contributed by atoms with Crippen LogP contribution in [0.5, 0.6) is 0 Å². The number of benzene rings is 1. The van der Waals surface area contributed by atoms with Gasteiger partial charge >= 0.3 is 5.69 Å². The predicted molar refractivity (Wildman–Crippen MR) is 80.4 cm³/mol. The average Bonchev–Trinajstić information content (AvgIpc) is 2.45. The minimum Gasteiger partial charge on any atom is -0.360 e. The van der Waals surface area contributed by atoms with Gasteiger partial charge in [-0.1, -0.05) is 0 Å². The summed E-state index contributed by atoms with van der Waals surface area (Å²) in [6.07, 6.45) is 1.59. The number of nitro benzene ring substituents is 1. The van der Waals surface area contributed by atoms with Crippen LogP contribution in [0.1, 0.15) is 0 Å². The van der Waals surface area contributed by atoms with Gasteiger partial charge in [-0.3, -0.25) is 19.9 Å². The number of rotatable bonds is 4. The standard InChI is InChI=1S/C14H16N4O3/c1-16(2)13(19)9-17(3)12-7-6-11-10(5-4-8-15-11)14(12)18(20)21/h4-8H,9H2,1-3H3. The number of amides is 1. The highest BCUT2D eigenvalue weighted by Gasteiger charge is 2.22. The molecule has 1 aromatic heterocycles. The fourth-order valence-electron chi connectivity index (χ4n) is 2.05. The fourth-order valence-corrected chi connectivity index (χ4v) is 2.05. The molecular formula is C14H16N4O3. The quantitative estimate of drug-likeness (QED) is 0.631. The van der Waals surface area contributed by atoms with Gasteiger partial charge in [0.05, 0.1) is 22.4 Å². The van der Waals surface area contributed by atoms with Crippen LogP contribution >= 0.6 is 0 Å². The van der Waals surface area contributed by atoms with Crippen LogP contribution in [-0.4, -0.2) is 48.4 Å². The lowest BCUT2D eigenvalue weighted by Crippen LogP contribution is -2.34. The van der Waals surface area contributed by atoms with Crippen LogP contribution in [0.25, 0.3) is 10.9 Å². The van der Waals surface area contributed by atoms with E-state index in [4.69, 9.17) is 0 Å². The molecule has 0 N–H and O–H groups in total. The van der Waals surface area contributed by atoms with E-state index >= 15 is 0 Å². The number of hydrogen-bond donors (Lipinski definition) is 0. The number of pyridine rings is 1. The molecule has 0 fully saturated rings. The Kier molecular flexibility index (Phi) is 4.02. The monoisotopic (exact) mass is 288 g/mol. The van der Waals surface area contributed by atoms with Gasteiger partial charge in [0.25, 0.3) is 0 Å². The lowest BCUT2D eigenvalue weighted by atomic mass is 10.1. The summed E-state index contributed by atoms with van der Waals surface area (Å²) in [5, 5.41) is 11.9. The van der Waals surface area contributed by atoms with Crippen molar-refractivity contribution >= 4 is 28.2 Å². The third-order valence-electron chi connectivity index (χ3n) is 3.20. The number of anilines is 1. The highest BCUT2D eigenvalue weighted by atomic mass is 16.6. The smallest absolute Gasteiger partial charge is 0.301 e. The predicted octanol–water partition coefficient (Wildman–Crippen LogP) is 1.67. The van der Waals surface area contributed by atoms with Crippen molar-refractivity contribution in [3.05, 3.63) is 40.6 Å². The van der Waals surface area contributed by atoms with Crippen LogP contribution in [0, 0.1) is 10.1 Å². The summed E-state index contributed by atoms with van der Waals surface area (Å²) in [5.74, 6) is -0.127. The molecule has 7 nitrogen and oxygen atoms in total. The molecule has 0 unspecified atom stereocenters. The molecule has 0 aliphatic heterocycles. The molecule has 2 rings (SSSR count). The van der Waals surface area contributed by atoms with Gasteiger partial charge in [-0.25, -0.2) is 0 Å². The van der Waals surface area contributed by atoms with Crippen molar-refractivity contribution < 1.29 is 9.72 Å². The Hall–Kier alpha value is -2.70. The number of likely N-dealkylation sites (N-methyl/N-ethyl adjacent to an activating group) is 2. The number of hydrogen-bond acceptors (Lipinski definition) is 5. The lowest BCUT2D eigenvalue weighted by Gasteiger charge is -2.21. The van der Waals surface area contributed by atoms with Gasteiger partial charge in [-0.15, -0.1) is 0 Å². The molecule has 21 heavy (non-hydrogen) atoms. The Morgan fingerprint density at radius 3 is 2.62 bits per heavy atom. The first-order chi connectivity index (χ1) is 9.91. The third kappa shape index (κ3) is 2.91.